The summed E-state index contributed by atoms with van der Waals surface area (Å²) >= 11 is 9.98. The second kappa shape index (κ2) is 1.44. The highest BCUT2D eigenvalue weighted by atomic mass is 35.7. The van der Waals surface area contributed by atoms with Gasteiger partial charge in [0, 0.05) is 0 Å². The summed E-state index contributed by atoms with van der Waals surface area (Å²) in [4.78, 5) is 0. The molecule has 0 aliphatic carbocycles. The Kier molecular flexibility index (Phi) is 1.65. The van der Waals surface area contributed by atoms with Gasteiger partial charge in [0.2, 0.25) is 0 Å². The fourth-order valence-electron chi connectivity index (χ4n) is 0. The highest BCUT2D eigenvalue weighted by molar-refractivity contribution is 7.42. The maximum Gasteiger partial charge on any atom is 0.397 e. The van der Waals surface area contributed by atoms with Gasteiger partial charge in [-0.15, -0.1) is 22.2 Å². The molecule has 0 heterocycles. The van der Waals surface area contributed by atoms with E-state index in [4.69, 9.17) is 33.0 Å². The predicted octanol–water partition coefficient (Wildman–Crippen LogP) is -0.183. The van der Waals surface area contributed by atoms with Crippen LogP contribution in [0.4, 0.5) is 0 Å². The summed E-state index contributed by atoms with van der Waals surface area (Å²) in [6, 6.07) is 0. The monoisotopic (exact) mass is 130 g/mol. The van der Waals surface area contributed by atoms with E-state index in [2.05, 4.69) is 0 Å². The summed E-state index contributed by atoms with van der Waals surface area (Å²) in [5.41, 5.74) is 0. The molecule has 0 saturated carbocycles. The van der Waals surface area contributed by atoms with Crippen LogP contribution in [0.5, 0.6) is 0 Å². The molecule has 0 bridgehead atoms. The molecule has 0 unspecified atom stereocenters. The molecule has 0 aromatic rings. The van der Waals surface area contributed by atoms with Gasteiger partial charge in [-0.25, -0.2) is 0 Å². The first kappa shape index (κ1) is 5.72. The zero-order valence-corrected chi connectivity index (χ0v) is 4.92. The van der Waals surface area contributed by atoms with E-state index in [0.29, 0.717) is 0 Å². The maximum atomic E-state index is 4.99. The van der Waals surface area contributed by atoms with Gasteiger partial charge in [-0.3, -0.25) is 0 Å². The molecule has 0 rings (SSSR count). The lowest BCUT2D eigenvalue weighted by molar-refractivity contribution is 1.70. The van der Waals surface area contributed by atoms with E-state index in [9.17, 15) is 0 Å². The third-order valence-electron chi connectivity index (χ3n) is 0. The van der Waals surface area contributed by atoms with Gasteiger partial charge in [0.25, 0.3) is 0 Å². The average Bonchev–Trinajstić information content (AvgIpc) is 0.722. The molecule has 0 aromatic heterocycles. The number of halogens is 2. The van der Waals surface area contributed by atoms with E-state index in [0.717, 1.165) is 0 Å². The lowest BCUT2D eigenvalue weighted by Gasteiger charge is -1.93. The summed E-state index contributed by atoms with van der Waals surface area (Å²) in [6.45, 7) is 0. The van der Waals surface area contributed by atoms with Crippen LogP contribution in [0, 0.1) is 0 Å². The first-order valence-electron chi connectivity index (χ1n) is 0.955. The molecular formula is H4Cl2N2Si. The van der Waals surface area contributed by atoms with Crippen molar-refractivity contribution < 1.29 is 0 Å². The molecule has 0 fully saturated rings. The zero-order valence-electron chi connectivity index (χ0n) is 2.41. The van der Waals surface area contributed by atoms with Gasteiger partial charge in [-0.2, -0.15) is 0 Å². The Morgan fingerprint density at radius 1 is 1.20 bits per heavy atom. The Morgan fingerprint density at radius 2 is 1.20 bits per heavy atom. The van der Waals surface area contributed by atoms with E-state index in [1.54, 1.807) is 0 Å². The largest absolute Gasteiger partial charge is 0.397 e. The van der Waals surface area contributed by atoms with Crippen molar-refractivity contribution >= 4 is 29.2 Å². The van der Waals surface area contributed by atoms with Gasteiger partial charge in [0.15, 0.2) is 0 Å². The third-order valence-corrected chi connectivity index (χ3v) is 0. The van der Waals surface area contributed by atoms with Gasteiger partial charge in [-0.1, -0.05) is 0 Å². The molecule has 0 saturated heterocycles. The van der Waals surface area contributed by atoms with Crippen molar-refractivity contribution in [3.05, 3.63) is 0 Å². The average molecular weight is 131 g/mol. The lowest BCUT2D eigenvalue weighted by Crippen LogP contribution is -2.43. The van der Waals surface area contributed by atoms with Gasteiger partial charge in [0.1, 0.15) is 0 Å². The Balaban J connectivity index is 3.02. The summed E-state index contributed by atoms with van der Waals surface area (Å²) in [5.74, 6) is 0. The van der Waals surface area contributed by atoms with Crippen molar-refractivity contribution in [3.63, 3.8) is 0 Å². The number of rotatable bonds is 0. The van der Waals surface area contributed by atoms with E-state index < -0.39 is 7.02 Å². The molecule has 0 aromatic carbocycles. The highest BCUT2D eigenvalue weighted by Gasteiger charge is 2.12. The minimum Gasteiger partial charge on any atom is -0.315 e. The van der Waals surface area contributed by atoms with Crippen LogP contribution < -0.4 is 10.8 Å². The Hall–Kier alpha value is 0.717. The van der Waals surface area contributed by atoms with Crippen LogP contribution in [0.25, 0.3) is 0 Å². The smallest absolute Gasteiger partial charge is 0.315 e. The summed E-state index contributed by atoms with van der Waals surface area (Å²) in [7, 11) is -2.67. The molecule has 2 nitrogen and oxygen atoms in total. The van der Waals surface area contributed by atoms with Crippen LogP contribution in [0.2, 0.25) is 0 Å². The summed E-state index contributed by atoms with van der Waals surface area (Å²) < 4.78 is 0. The van der Waals surface area contributed by atoms with Gasteiger partial charge in [-0.05, 0) is 0 Å². The van der Waals surface area contributed by atoms with Crippen molar-refractivity contribution in [2.24, 2.45) is 10.8 Å². The topological polar surface area (TPSA) is 52.0 Å². The second-order valence-corrected chi connectivity index (χ2v) is 6.36. The Labute approximate surface area is 40.6 Å². The van der Waals surface area contributed by atoms with Crippen molar-refractivity contribution in [1.82, 2.24) is 0 Å². The van der Waals surface area contributed by atoms with Gasteiger partial charge < -0.3 is 10.8 Å². The van der Waals surface area contributed by atoms with Crippen molar-refractivity contribution in [1.29, 1.82) is 0 Å². The molecule has 5 heavy (non-hydrogen) atoms. The van der Waals surface area contributed by atoms with Crippen molar-refractivity contribution in [3.8, 4) is 0 Å². The molecule has 4 N–H and O–H groups in total. The fourth-order valence-corrected chi connectivity index (χ4v) is 0. The third kappa shape index (κ3) is 67.7. The first-order chi connectivity index (χ1) is 2.00. The van der Waals surface area contributed by atoms with Gasteiger partial charge in [0.05, 0.1) is 0 Å². The zero-order chi connectivity index (χ0) is 4.50. The van der Waals surface area contributed by atoms with Crippen molar-refractivity contribution in [2.75, 3.05) is 0 Å². The van der Waals surface area contributed by atoms with E-state index in [1.165, 1.54) is 0 Å². The van der Waals surface area contributed by atoms with Crippen LogP contribution in [0.1, 0.15) is 0 Å². The molecule has 0 amide bonds. The summed E-state index contributed by atoms with van der Waals surface area (Å²) in [6.07, 6.45) is 0. The molecule has 0 spiro atoms. The lowest BCUT2D eigenvalue weighted by atomic mass is 13.9. The molecule has 0 aliphatic rings. The standard InChI is InChI=1S/Cl2H4N2Si/c1-5(2,3)4/h3-4H2. The minimum absolute atomic E-state index is 2.67. The number of hydrogen-bond donors (Lipinski definition) is 2. The SMILES string of the molecule is N[Si](N)(Cl)Cl. The van der Waals surface area contributed by atoms with Crippen LogP contribution in [0.15, 0.2) is 0 Å². The molecule has 32 valence electrons. The fraction of sp³-hybridized carbons (Fsp3) is 0. The molecule has 0 atom stereocenters. The quantitative estimate of drug-likeness (QED) is 0.354. The summed E-state index contributed by atoms with van der Waals surface area (Å²) in [5, 5.41) is 9.60. The molecule has 5 heteroatoms. The molecular weight excluding hydrogens is 127 g/mol. The molecule has 0 radical (unpaired) electrons. The van der Waals surface area contributed by atoms with Gasteiger partial charge >= 0.3 is 7.02 Å². The van der Waals surface area contributed by atoms with Crippen LogP contribution in [-0.4, -0.2) is 7.02 Å². The Morgan fingerprint density at radius 3 is 1.20 bits per heavy atom. The normalized spacial score (nSPS) is 12.0. The number of hydrogen-bond acceptors (Lipinski definition) is 2. The van der Waals surface area contributed by atoms with Crippen LogP contribution >= 0.6 is 22.2 Å². The van der Waals surface area contributed by atoms with Crippen LogP contribution in [0.3, 0.4) is 0 Å². The van der Waals surface area contributed by atoms with E-state index >= 15 is 0 Å². The molecule has 0 aliphatic heterocycles. The van der Waals surface area contributed by atoms with E-state index in [1.807, 2.05) is 0 Å². The maximum absolute atomic E-state index is 4.99. The number of nitrogens with two attached hydrogens (primary N) is 2. The van der Waals surface area contributed by atoms with Crippen LogP contribution in [-0.2, 0) is 0 Å². The van der Waals surface area contributed by atoms with Crippen molar-refractivity contribution in [2.45, 2.75) is 0 Å². The minimum atomic E-state index is -2.67. The van der Waals surface area contributed by atoms with E-state index in [-0.39, 0.29) is 0 Å². The second-order valence-electron chi connectivity index (χ2n) is 0.675. The predicted molar refractivity (Wildman–Crippen MR) is 25.8 cm³/mol. The highest BCUT2D eigenvalue weighted by Crippen LogP contribution is 1.92. The first-order valence-corrected chi connectivity index (χ1v) is 5.13. The Bertz CT molecular complexity index is 23.1.